The standard InChI is InChI=1S/C18H16FN3O2/c1-9-8-14-16(24-9)15-17(21-11(3)10(2)20-15)22(18(14)23)13-6-4-12(19)5-7-13/h4-7,9H,8H2,1-3H3. The first-order chi connectivity index (χ1) is 11.5. The van der Waals surface area contributed by atoms with Gasteiger partial charge in [-0.25, -0.2) is 14.4 Å². The number of benzene rings is 1. The predicted molar refractivity (Wildman–Crippen MR) is 88.4 cm³/mol. The van der Waals surface area contributed by atoms with Crippen LogP contribution in [0.25, 0.3) is 16.9 Å². The van der Waals surface area contributed by atoms with Gasteiger partial charge in [-0.05, 0) is 45.0 Å². The van der Waals surface area contributed by atoms with Crippen molar-refractivity contribution < 1.29 is 9.13 Å². The Labute approximate surface area is 137 Å². The average Bonchev–Trinajstić information content (AvgIpc) is 2.94. The maximum Gasteiger partial charge on any atom is 0.263 e. The van der Waals surface area contributed by atoms with Gasteiger partial charge in [0.05, 0.1) is 22.6 Å². The van der Waals surface area contributed by atoms with Gasteiger partial charge in [-0.3, -0.25) is 9.36 Å². The van der Waals surface area contributed by atoms with Gasteiger partial charge in [-0.1, -0.05) is 0 Å². The van der Waals surface area contributed by atoms with Gasteiger partial charge in [-0.15, -0.1) is 0 Å². The molecule has 6 heteroatoms. The lowest BCUT2D eigenvalue weighted by Crippen LogP contribution is -2.23. The van der Waals surface area contributed by atoms with E-state index in [0.717, 1.165) is 11.4 Å². The number of rotatable bonds is 1. The first-order valence-corrected chi connectivity index (χ1v) is 7.81. The zero-order valence-corrected chi connectivity index (χ0v) is 13.6. The highest BCUT2D eigenvalue weighted by Crippen LogP contribution is 2.33. The molecule has 0 fully saturated rings. The van der Waals surface area contributed by atoms with Crippen LogP contribution in [0.5, 0.6) is 5.75 Å². The van der Waals surface area contributed by atoms with Gasteiger partial charge in [0.15, 0.2) is 11.4 Å². The Morgan fingerprint density at radius 1 is 1.17 bits per heavy atom. The Bertz CT molecular complexity index is 1030. The monoisotopic (exact) mass is 325 g/mol. The summed E-state index contributed by atoms with van der Waals surface area (Å²) >= 11 is 0. The molecular formula is C18H16FN3O2. The number of halogens is 1. The van der Waals surface area contributed by atoms with E-state index in [0.29, 0.717) is 34.6 Å². The first-order valence-electron chi connectivity index (χ1n) is 7.81. The highest BCUT2D eigenvalue weighted by atomic mass is 19.1. The highest BCUT2D eigenvalue weighted by Gasteiger charge is 2.29. The molecule has 0 radical (unpaired) electrons. The molecule has 0 N–H and O–H groups in total. The van der Waals surface area contributed by atoms with E-state index in [1.54, 1.807) is 12.1 Å². The van der Waals surface area contributed by atoms with Crippen molar-refractivity contribution in [3.8, 4) is 11.4 Å². The lowest BCUT2D eigenvalue weighted by Gasteiger charge is -2.13. The van der Waals surface area contributed by atoms with E-state index in [1.807, 2.05) is 20.8 Å². The quantitative estimate of drug-likeness (QED) is 0.690. The molecular weight excluding hydrogens is 309 g/mol. The Morgan fingerprint density at radius 2 is 1.83 bits per heavy atom. The number of hydrogen-bond donors (Lipinski definition) is 0. The Morgan fingerprint density at radius 3 is 2.54 bits per heavy atom. The summed E-state index contributed by atoms with van der Waals surface area (Å²) in [6, 6.07) is 5.79. The normalized spacial score (nSPS) is 16.2. The van der Waals surface area contributed by atoms with Crippen molar-refractivity contribution in [2.45, 2.75) is 33.3 Å². The third-order valence-electron chi connectivity index (χ3n) is 4.35. The molecule has 1 atom stereocenters. The number of nitrogens with zero attached hydrogens (tertiary/aromatic N) is 3. The van der Waals surface area contributed by atoms with Crippen molar-refractivity contribution in [1.82, 2.24) is 14.5 Å². The molecule has 0 aliphatic carbocycles. The fourth-order valence-corrected chi connectivity index (χ4v) is 3.04. The van der Waals surface area contributed by atoms with Crippen molar-refractivity contribution in [3.63, 3.8) is 0 Å². The molecule has 24 heavy (non-hydrogen) atoms. The lowest BCUT2D eigenvalue weighted by molar-refractivity contribution is 0.257. The van der Waals surface area contributed by atoms with Crippen LogP contribution in [0.3, 0.4) is 0 Å². The number of aromatic nitrogens is 3. The SMILES string of the molecule is Cc1nc2c3c(c(=O)n(-c4ccc(F)cc4)c2nc1C)CC(C)O3. The lowest BCUT2D eigenvalue weighted by atomic mass is 10.1. The van der Waals surface area contributed by atoms with Crippen LogP contribution in [0.15, 0.2) is 29.1 Å². The second kappa shape index (κ2) is 5.12. The summed E-state index contributed by atoms with van der Waals surface area (Å²) in [5.41, 5.74) is 3.50. The predicted octanol–water partition coefficient (Wildman–Crippen LogP) is 2.86. The van der Waals surface area contributed by atoms with E-state index in [2.05, 4.69) is 9.97 Å². The second-order valence-corrected chi connectivity index (χ2v) is 6.12. The molecule has 122 valence electrons. The Hall–Kier alpha value is -2.76. The summed E-state index contributed by atoms with van der Waals surface area (Å²) in [4.78, 5) is 22.2. The maximum absolute atomic E-state index is 13.3. The smallest absolute Gasteiger partial charge is 0.263 e. The van der Waals surface area contributed by atoms with E-state index >= 15 is 0 Å². The number of aryl methyl sites for hydroxylation is 2. The zero-order valence-electron chi connectivity index (χ0n) is 13.6. The van der Waals surface area contributed by atoms with Crippen LogP contribution >= 0.6 is 0 Å². The molecule has 0 bridgehead atoms. The zero-order chi connectivity index (χ0) is 17.0. The Kier molecular flexibility index (Phi) is 3.16. The van der Waals surface area contributed by atoms with Crippen molar-refractivity contribution in [3.05, 3.63) is 57.4 Å². The van der Waals surface area contributed by atoms with Gasteiger partial charge in [-0.2, -0.15) is 0 Å². The molecule has 4 rings (SSSR count). The van der Waals surface area contributed by atoms with Crippen LogP contribution in [-0.2, 0) is 6.42 Å². The van der Waals surface area contributed by atoms with Crippen molar-refractivity contribution in [1.29, 1.82) is 0 Å². The molecule has 0 saturated heterocycles. The molecule has 1 aliphatic heterocycles. The minimum atomic E-state index is -0.354. The van der Waals surface area contributed by atoms with Crippen molar-refractivity contribution >= 4 is 11.2 Å². The first kappa shape index (κ1) is 14.8. The topological polar surface area (TPSA) is 57.0 Å². The summed E-state index contributed by atoms with van der Waals surface area (Å²) in [5.74, 6) is 0.170. The summed E-state index contributed by atoms with van der Waals surface area (Å²) in [6.45, 7) is 5.64. The minimum Gasteiger partial charge on any atom is -0.487 e. The fraction of sp³-hybridized carbons (Fsp3) is 0.278. The van der Waals surface area contributed by atoms with E-state index < -0.39 is 0 Å². The fourth-order valence-electron chi connectivity index (χ4n) is 3.04. The minimum absolute atomic E-state index is 0.0802. The summed E-state index contributed by atoms with van der Waals surface area (Å²) in [7, 11) is 0. The molecule has 0 spiro atoms. The van der Waals surface area contributed by atoms with Crippen LogP contribution in [0.4, 0.5) is 4.39 Å². The van der Waals surface area contributed by atoms with Gasteiger partial charge in [0.25, 0.3) is 5.56 Å². The van der Waals surface area contributed by atoms with Crippen molar-refractivity contribution in [2.24, 2.45) is 0 Å². The number of hydrogen-bond acceptors (Lipinski definition) is 4. The maximum atomic E-state index is 13.3. The molecule has 3 heterocycles. The van der Waals surface area contributed by atoms with Gasteiger partial charge in [0, 0.05) is 6.42 Å². The van der Waals surface area contributed by atoms with E-state index in [-0.39, 0.29) is 17.5 Å². The number of ether oxygens (including phenoxy) is 1. The molecule has 5 nitrogen and oxygen atoms in total. The largest absolute Gasteiger partial charge is 0.487 e. The molecule has 0 amide bonds. The highest BCUT2D eigenvalue weighted by molar-refractivity contribution is 5.82. The Balaban J connectivity index is 2.15. The second-order valence-electron chi connectivity index (χ2n) is 6.12. The summed E-state index contributed by atoms with van der Waals surface area (Å²) in [6.07, 6.45) is 0.447. The van der Waals surface area contributed by atoms with Crippen LogP contribution in [0, 0.1) is 19.7 Å². The van der Waals surface area contributed by atoms with Crippen LogP contribution < -0.4 is 10.3 Å². The third kappa shape index (κ3) is 2.10. The van der Waals surface area contributed by atoms with Gasteiger partial charge < -0.3 is 4.74 Å². The molecule has 2 aromatic heterocycles. The average molecular weight is 325 g/mol. The van der Waals surface area contributed by atoms with Gasteiger partial charge in [0.2, 0.25) is 0 Å². The van der Waals surface area contributed by atoms with Gasteiger partial charge in [0.1, 0.15) is 17.4 Å². The van der Waals surface area contributed by atoms with Crippen molar-refractivity contribution in [2.75, 3.05) is 0 Å². The van der Waals surface area contributed by atoms with Crippen LogP contribution in [0.1, 0.15) is 23.9 Å². The molecule has 1 unspecified atom stereocenters. The van der Waals surface area contributed by atoms with E-state index in [9.17, 15) is 9.18 Å². The summed E-state index contributed by atoms with van der Waals surface area (Å²) < 4.78 is 20.6. The molecule has 1 aromatic carbocycles. The number of pyridine rings is 1. The van der Waals surface area contributed by atoms with E-state index in [1.165, 1.54) is 16.7 Å². The van der Waals surface area contributed by atoms with Crippen LogP contribution in [-0.4, -0.2) is 20.6 Å². The third-order valence-corrected chi connectivity index (χ3v) is 4.35. The van der Waals surface area contributed by atoms with Crippen LogP contribution in [0.2, 0.25) is 0 Å². The molecule has 1 aliphatic rings. The molecule has 0 saturated carbocycles. The summed E-state index contributed by atoms with van der Waals surface area (Å²) in [5, 5.41) is 0. The number of fused-ring (bicyclic) bond motifs is 3. The van der Waals surface area contributed by atoms with E-state index in [4.69, 9.17) is 4.74 Å². The molecule has 3 aromatic rings. The van der Waals surface area contributed by atoms with Gasteiger partial charge >= 0.3 is 0 Å².